The largest absolute Gasteiger partial charge is 0.377 e. The molecule has 1 aromatic rings. The minimum atomic E-state index is 0.360. The monoisotopic (exact) mass is 249 g/mol. The van der Waals surface area contributed by atoms with E-state index in [1.54, 1.807) is 0 Å². The Kier molecular flexibility index (Phi) is 4.96. The molecule has 1 aliphatic heterocycles. The molecule has 2 rings (SSSR count). The van der Waals surface area contributed by atoms with Crippen LogP contribution in [0.2, 0.25) is 0 Å². The molecule has 1 aromatic heterocycles. The molecule has 100 valence electrons. The quantitative estimate of drug-likeness (QED) is 0.863. The van der Waals surface area contributed by atoms with Crippen LogP contribution in [0.5, 0.6) is 0 Å². The van der Waals surface area contributed by atoms with E-state index >= 15 is 0 Å². The van der Waals surface area contributed by atoms with Gasteiger partial charge < -0.3 is 15.0 Å². The van der Waals surface area contributed by atoms with Gasteiger partial charge in [-0.2, -0.15) is 0 Å². The van der Waals surface area contributed by atoms with Crippen molar-refractivity contribution in [1.29, 1.82) is 0 Å². The number of piperidine rings is 1. The number of hydrogen-bond donors (Lipinski definition) is 1. The summed E-state index contributed by atoms with van der Waals surface area (Å²) < 4.78 is 5.73. The van der Waals surface area contributed by atoms with Crippen LogP contribution in [0.25, 0.3) is 0 Å². The van der Waals surface area contributed by atoms with Gasteiger partial charge in [0.1, 0.15) is 5.82 Å². The van der Waals surface area contributed by atoms with Crippen LogP contribution in [0.15, 0.2) is 18.3 Å². The molecule has 0 aromatic carbocycles. The maximum absolute atomic E-state index is 5.73. The molecule has 1 aliphatic rings. The molecule has 1 saturated heterocycles. The number of pyridine rings is 1. The molecule has 0 saturated carbocycles. The van der Waals surface area contributed by atoms with Crippen LogP contribution >= 0.6 is 0 Å². The van der Waals surface area contributed by atoms with Crippen molar-refractivity contribution >= 4 is 5.82 Å². The van der Waals surface area contributed by atoms with Gasteiger partial charge in [-0.1, -0.05) is 0 Å². The highest BCUT2D eigenvalue weighted by Gasteiger charge is 2.20. The topological polar surface area (TPSA) is 37.4 Å². The Morgan fingerprint density at radius 1 is 1.56 bits per heavy atom. The zero-order valence-corrected chi connectivity index (χ0v) is 11.4. The molecule has 0 spiro atoms. The van der Waals surface area contributed by atoms with Crippen molar-refractivity contribution < 1.29 is 4.74 Å². The van der Waals surface area contributed by atoms with Crippen molar-refractivity contribution in [3.05, 3.63) is 23.9 Å². The molecule has 4 nitrogen and oxygen atoms in total. The van der Waals surface area contributed by atoms with Crippen molar-refractivity contribution in [2.24, 2.45) is 0 Å². The average Bonchev–Trinajstić information content (AvgIpc) is 2.40. The Bertz CT molecular complexity index is 368. The zero-order valence-electron chi connectivity index (χ0n) is 11.4. The van der Waals surface area contributed by atoms with Gasteiger partial charge in [0.2, 0.25) is 0 Å². The standard InChI is InChI=1S/C14H23N3O/c1-3-18-13-5-4-8-17(11-13)14-9-12(10-15-2)6-7-16-14/h6-7,9,13,15H,3-5,8,10-11H2,1-2H3. The first-order valence-corrected chi connectivity index (χ1v) is 6.79. The predicted molar refractivity (Wildman–Crippen MR) is 73.9 cm³/mol. The highest BCUT2D eigenvalue weighted by Crippen LogP contribution is 2.20. The number of ether oxygens (including phenoxy) is 1. The minimum Gasteiger partial charge on any atom is -0.377 e. The van der Waals surface area contributed by atoms with Crippen LogP contribution in [-0.2, 0) is 11.3 Å². The normalized spacial score (nSPS) is 20.1. The zero-order chi connectivity index (χ0) is 12.8. The van der Waals surface area contributed by atoms with Crippen molar-refractivity contribution in [3.8, 4) is 0 Å². The Morgan fingerprint density at radius 3 is 3.22 bits per heavy atom. The first kappa shape index (κ1) is 13.3. The summed E-state index contributed by atoms with van der Waals surface area (Å²) in [6, 6.07) is 4.23. The average molecular weight is 249 g/mol. The first-order valence-electron chi connectivity index (χ1n) is 6.79. The summed E-state index contributed by atoms with van der Waals surface area (Å²) in [5, 5.41) is 3.17. The van der Waals surface area contributed by atoms with Gasteiger partial charge in [-0.3, -0.25) is 0 Å². The van der Waals surface area contributed by atoms with Gasteiger partial charge in [0, 0.05) is 32.4 Å². The summed E-state index contributed by atoms with van der Waals surface area (Å²) in [6.45, 7) is 5.79. The maximum atomic E-state index is 5.73. The van der Waals surface area contributed by atoms with Crippen molar-refractivity contribution in [3.63, 3.8) is 0 Å². The van der Waals surface area contributed by atoms with Gasteiger partial charge in [-0.15, -0.1) is 0 Å². The Labute approximate surface area is 109 Å². The van der Waals surface area contributed by atoms with E-state index in [1.807, 2.05) is 13.2 Å². The highest BCUT2D eigenvalue weighted by molar-refractivity contribution is 5.41. The molecule has 0 radical (unpaired) electrons. The van der Waals surface area contributed by atoms with Crippen LogP contribution in [0.4, 0.5) is 5.82 Å². The van der Waals surface area contributed by atoms with E-state index < -0.39 is 0 Å². The second-order valence-corrected chi connectivity index (χ2v) is 4.72. The Balaban J connectivity index is 2.03. The van der Waals surface area contributed by atoms with Gasteiger partial charge in [0.05, 0.1) is 6.10 Å². The minimum absolute atomic E-state index is 0.360. The van der Waals surface area contributed by atoms with E-state index in [-0.39, 0.29) is 0 Å². The summed E-state index contributed by atoms with van der Waals surface area (Å²) in [6.07, 6.45) is 4.61. The van der Waals surface area contributed by atoms with E-state index in [2.05, 4.69) is 34.3 Å². The van der Waals surface area contributed by atoms with Gasteiger partial charge >= 0.3 is 0 Å². The van der Waals surface area contributed by atoms with Crippen molar-refractivity contribution in [2.75, 3.05) is 31.6 Å². The van der Waals surface area contributed by atoms with E-state index in [1.165, 1.54) is 18.4 Å². The van der Waals surface area contributed by atoms with E-state index in [0.717, 1.165) is 32.1 Å². The number of rotatable bonds is 5. The Hall–Kier alpha value is -1.13. The molecule has 0 bridgehead atoms. The molecule has 4 heteroatoms. The third-order valence-corrected chi connectivity index (χ3v) is 3.30. The molecule has 2 heterocycles. The van der Waals surface area contributed by atoms with Crippen LogP contribution in [0.3, 0.4) is 0 Å². The fourth-order valence-corrected chi connectivity index (χ4v) is 2.47. The smallest absolute Gasteiger partial charge is 0.128 e. The summed E-state index contributed by atoms with van der Waals surface area (Å²) in [4.78, 5) is 6.82. The molecule has 1 atom stereocenters. The molecule has 0 amide bonds. The fourth-order valence-electron chi connectivity index (χ4n) is 2.47. The molecule has 1 N–H and O–H groups in total. The molecule has 18 heavy (non-hydrogen) atoms. The first-order chi connectivity index (χ1) is 8.83. The third kappa shape index (κ3) is 3.43. The molecular formula is C14H23N3O. The number of nitrogens with one attached hydrogen (secondary N) is 1. The van der Waals surface area contributed by atoms with E-state index in [9.17, 15) is 0 Å². The lowest BCUT2D eigenvalue weighted by molar-refractivity contribution is 0.0525. The summed E-state index contributed by atoms with van der Waals surface area (Å²) in [5.41, 5.74) is 1.28. The lowest BCUT2D eigenvalue weighted by atomic mass is 10.1. The van der Waals surface area contributed by atoms with Crippen LogP contribution in [0.1, 0.15) is 25.3 Å². The third-order valence-electron chi connectivity index (χ3n) is 3.30. The number of anilines is 1. The maximum Gasteiger partial charge on any atom is 0.128 e. The second kappa shape index (κ2) is 6.71. The Morgan fingerprint density at radius 2 is 2.44 bits per heavy atom. The number of nitrogens with zero attached hydrogens (tertiary/aromatic N) is 2. The number of hydrogen-bond acceptors (Lipinski definition) is 4. The molecule has 0 aliphatic carbocycles. The van der Waals surface area contributed by atoms with Crippen LogP contribution < -0.4 is 10.2 Å². The van der Waals surface area contributed by atoms with Crippen molar-refractivity contribution in [1.82, 2.24) is 10.3 Å². The lowest BCUT2D eigenvalue weighted by Crippen LogP contribution is -2.40. The lowest BCUT2D eigenvalue weighted by Gasteiger charge is -2.33. The fraction of sp³-hybridized carbons (Fsp3) is 0.643. The van der Waals surface area contributed by atoms with Gasteiger partial charge in [0.15, 0.2) is 0 Å². The molecule has 1 unspecified atom stereocenters. The predicted octanol–water partition coefficient (Wildman–Crippen LogP) is 1.81. The molecule has 1 fully saturated rings. The van der Waals surface area contributed by atoms with Crippen molar-refractivity contribution in [2.45, 2.75) is 32.4 Å². The SMILES string of the molecule is CCOC1CCCN(c2cc(CNC)ccn2)C1. The summed E-state index contributed by atoms with van der Waals surface area (Å²) >= 11 is 0. The van der Waals surface area contributed by atoms with E-state index in [4.69, 9.17) is 4.74 Å². The number of aromatic nitrogens is 1. The summed E-state index contributed by atoms with van der Waals surface area (Å²) in [7, 11) is 1.96. The van der Waals surface area contributed by atoms with Crippen LogP contribution in [-0.4, -0.2) is 37.8 Å². The van der Waals surface area contributed by atoms with E-state index in [0.29, 0.717) is 6.10 Å². The van der Waals surface area contributed by atoms with Gasteiger partial charge in [-0.25, -0.2) is 4.98 Å². The van der Waals surface area contributed by atoms with Crippen LogP contribution in [0, 0.1) is 0 Å². The second-order valence-electron chi connectivity index (χ2n) is 4.72. The molecular weight excluding hydrogens is 226 g/mol. The van der Waals surface area contributed by atoms with Gasteiger partial charge in [0.25, 0.3) is 0 Å². The highest BCUT2D eigenvalue weighted by atomic mass is 16.5. The summed E-state index contributed by atoms with van der Waals surface area (Å²) in [5.74, 6) is 1.08. The van der Waals surface area contributed by atoms with Gasteiger partial charge in [-0.05, 0) is 44.5 Å².